The first-order chi connectivity index (χ1) is 18.1. The molecule has 190 valence electrons. The fraction of sp³-hybridized carbons (Fsp3) is 0.267. The molecule has 0 spiro atoms. The van der Waals surface area contributed by atoms with Crippen molar-refractivity contribution in [3.05, 3.63) is 103 Å². The number of carbonyl (C=O) groups is 1. The molecule has 1 saturated heterocycles. The van der Waals surface area contributed by atoms with Gasteiger partial charge in [0.25, 0.3) is 5.91 Å². The predicted molar refractivity (Wildman–Crippen MR) is 147 cm³/mol. The highest BCUT2D eigenvalue weighted by Crippen LogP contribution is 2.24. The first kappa shape index (κ1) is 24.6. The van der Waals surface area contributed by atoms with E-state index in [1.165, 1.54) is 11.3 Å². The number of amides is 1. The standard InChI is InChI=1S/C30H33N5O2/c1-23(24-20-31-35(21-24)28-8-4-2-5-9-28)32-26-16-18-34(19-17-26)27-14-12-25(13-15-27)33-30(36)22-37-29-10-6-3-7-11-29/h2-15,20-21,23,26,32H,16-19,22H2,1H3,(H,33,36). The molecule has 5 rings (SSSR count). The summed E-state index contributed by atoms with van der Waals surface area (Å²) in [6.07, 6.45) is 6.21. The smallest absolute Gasteiger partial charge is 0.262 e. The maximum Gasteiger partial charge on any atom is 0.262 e. The Kier molecular flexibility index (Phi) is 7.81. The van der Waals surface area contributed by atoms with Crippen molar-refractivity contribution in [2.24, 2.45) is 0 Å². The van der Waals surface area contributed by atoms with Crippen LogP contribution in [0.1, 0.15) is 31.4 Å². The van der Waals surface area contributed by atoms with Gasteiger partial charge < -0.3 is 20.3 Å². The van der Waals surface area contributed by atoms with Gasteiger partial charge in [0.2, 0.25) is 0 Å². The summed E-state index contributed by atoms with van der Waals surface area (Å²) >= 11 is 0. The summed E-state index contributed by atoms with van der Waals surface area (Å²) in [5.41, 5.74) is 4.21. The zero-order valence-corrected chi connectivity index (χ0v) is 21.1. The van der Waals surface area contributed by atoms with Gasteiger partial charge in [-0.25, -0.2) is 4.68 Å². The summed E-state index contributed by atoms with van der Waals surface area (Å²) in [5, 5.41) is 11.2. The number of benzene rings is 3. The minimum atomic E-state index is -0.174. The van der Waals surface area contributed by atoms with Crippen LogP contribution >= 0.6 is 0 Å². The van der Waals surface area contributed by atoms with E-state index in [2.05, 4.69) is 58.0 Å². The lowest BCUT2D eigenvalue weighted by molar-refractivity contribution is -0.118. The van der Waals surface area contributed by atoms with Crippen molar-refractivity contribution >= 4 is 17.3 Å². The minimum Gasteiger partial charge on any atom is -0.484 e. The van der Waals surface area contributed by atoms with E-state index in [0.717, 1.165) is 37.3 Å². The fourth-order valence-electron chi connectivity index (χ4n) is 4.65. The third-order valence-electron chi connectivity index (χ3n) is 6.73. The van der Waals surface area contributed by atoms with Crippen LogP contribution in [0.25, 0.3) is 5.69 Å². The molecular weight excluding hydrogens is 462 g/mol. The van der Waals surface area contributed by atoms with Crippen LogP contribution in [0.15, 0.2) is 97.3 Å². The number of para-hydroxylation sites is 2. The second-order valence-electron chi connectivity index (χ2n) is 9.40. The van der Waals surface area contributed by atoms with Crippen molar-refractivity contribution in [1.82, 2.24) is 15.1 Å². The highest BCUT2D eigenvalue weighted by Gasteiger charge is 2.22. The van der Waals surface area contributed by atoms with Gasteiger partial charge in [-0.1, -0.05) is 36.4 Å². The third-order valence-corrected chi connectivity index (χ3v) is 6.73. The average molecular weight is 496 g/mol. The Labute approximate surface area is 218 Å². The summed E-state index contributed by atoms with van der Waals surface area (Å²) in [5.74, 6) is 0.509. The van der Waals surface area contributed by atoms with E-state index in [1.807, 2.05) is 71.5 Å². The van der Waals surface area contributed by atoms with Crippen molar-refractivity contribution in [2.45, 2.75) is 31.8 Å². The van der Waals surface area contributed by atoms with E-state index in [0.29, 0.717) is 11.8 Å². The molecule has 1 atom stereocenters. The van der Waals surface area contributed by atoms with Crippen LogP contribution < -0.4 is 20.3 Å². The van der Waals surface area contributed by atoms with Crippen LogP contribution in [0.4, 0.5) is 11.4 Å². The topological polar surface area (TPSA) is 71.4 Å². The number of carbonyl (C=O) groups excluding carboxylic acids is 1. The molecule has 2 N–H and O–H groups in total. The molecule has 7 heteroatoms. The van der Waals surface area contributed by atoms with Gasteiger partial charge in [0.15, 0.2) is 6.61 Å². The lowest BCUT2D eigenvalue weighted by atomic mass is 10.0. The van der Waals surface area contributed by atoms with E-state index in [9.17, 15) is 4.79 Å². The normalized spacial score (nSPS) is 14.8. The second kappa shape index (κ2) is 11.8. The molecule has 1 aromatic heterocycles. The van der Waals surface area contributed by atoms with Crippen molar-refractivity contribution in [2.75, 3.05) is 29.9 Å². The van der Waals surface area contributed by atoms with E-state index in [4.69, 9.17) is 4.74 Å². The molecule has 7 nitrogen and oxygen atoms in total. The Hall–Kier alpha value is -4.10. The number of nitrogens with one attached hydrogen (secondary N) is 2. The van der Waals surface area contributed by atoms with Crippen LogP contribution in [-0.2, 0) is 4.79 Å². The summed E-state index contributed by atoms with van der Waals surface area (Å²) < 4.78 is 7.44. The summed E-state index contributed by atoms with van der Waals surface area (Å²) in [7, 11) is 0. The molecule has 1 fully saturated rings. The Bertz CT molecular complexity index is 1270. The summed E-state index contributed by atoms with van der Waals surface area (Å²) in [6, 6.07) is 28.3. The van der Waals surface area contributed by atoms with E-state index >= 15 is 0 Å². The lowest BCUT2D eigenvalue weighted by Gasteiger charge is -2.35. The van der Waals surface area contributed by atoms with Gasteiger partial charge in [0.05, 0.1) is 11.9 Å². The third kappa shape index (κ3) is 6.57. The first-order valence-electron chi connectivity index (χ1n) is 12.8. The van der Waals surface area contributed by atoms with Crippen LogP contribution in [0.5, 0.6) is 5.75 Å². The van der Waals surface area contributed by atoms with Crippen LogP contribution in [0.2, 0.25) is 0 Å². The molecule has 1 amide bonds. The van der Waals surface area contributed by atoms with Crippen LogP contribution in [0, 0.1) is 0 Å². The average Bonchev–Trinajstić information content (AvgIpc) is 3.45. The number of piperidine rings is 1. The second-order valence-corrected chi connectivity index (χ2v) is 9.40. The highest BCUT2D eigenvalue weighted by atomic mass is 16.5. The van der Waals surface area contributed by atoms with Gasteiger partial charge in [0.1, 0.15) is 5.75 Å². The lowest BCUT2D eigenvalue weighted by Crippen LogP contribution is -2.43. The van der Waals surface area contributed by atoms with E-state index in [1.54, 1.807) is 0 Å². The Balaban J connectivity index is 1.07. The summed E-state index contributed by atoms with van der Waals surface area (Å²) in [6.45, 7) is 4.17. The number of hydrogen-bond acceptors (Lipinski definition) is 5. The molecule has 1 unspecified atom stereocenters. The number of hydrogen-bond donors (Lipinski definition) is 2. The van der Waals surface area contributed by atoms with Gasteiger partial charge in [0, 0.05) is 48.3 Å². The number of ether oxygens (including phenoxy) is 1. The van der Waals surface area contributed by atoms with Crippen LogP contribution in [0.3, 0.4) is 0 Å². The molecule has 0 bridgehead atoms. The number of nitrogens with zero attached hydrogens (tertiary/aromatic N) is 3. The minimum absolute atomic E-state index is 0.0161. The molecule has 0 aliphatic carbocycles. The molecule has 1 aliphatic rings. The molecule has 1 aliphatic heterocycles. The predicted octanol–water partition coefficient (Wildman–Crippen LogP) is 5.21. The molecule has 4 aromatic rings. The van der Waals surface area contributed by atoms with Crippen molar-refractivity contribution in [1.29, 1.82) is 0 Å². The molecule has 0 saturated carbocycles. The zero-order valence-electron chi connectivity index (χ0n) is 21.1. The number of aromatic nitrogens is 2. The molecule has 2 heterocycles. The van der Waals surface area contributed by atoms with Crippen molar-refractivity contribution in [3.8, 4) is 11.4 Å². The largest absolute Gasteiger partial charge is 0.484 e. The Morgan fingerprint density at radius 1 is 0.946 bits per heavy atom. The van der Waals surface area contributed by atoms with Crippen molar-refractivity contribution in [3.63, 3.8) is 0 Å². The summed E-state index contributed by atoms with van der Waals surface area (Å²) in [4.78, 5) is 14.6. The monoisotopic (exact) mass is 495 g/mol. The van der Waals surface area contributed by atoms with Gasteiger partial charge in [-0.15, -0.1) is 0 Å². The van der Waals surface area contributed by atoms with E-state index in [-0.39, 0.29) is 18.6 Å². The maximum atomic E-state index is 12.2. The van der Waals surface area contributed by atoms with Gasteiger partial charge in [-0.2, -0.15) is 5.10 Å². The fourth-order valence-corrected chi connectivity index (χ4v) is 4.65. The maximum absolute atomic E-state index is 12.2. The van der Waals surface area contributed by atoms with Crippen molar-refractivity contribution < 1.29 is 9.53 Å². The van der Waals surface area contributed by atoms with Gasteiger partial charge >= 0.3 is 0 Å². The number of anilines is 2. The van der Waals surface area contributed by atoms with Crippen LogP contribution in [-0.4, -0.2) is 41.4 Å². The molecule has 3 aromatic carbocycles. The van der Waals surface area contributed by atoms with E-state index < -0.39 is 0 Å². The Morgan fingerprint density at radius 3 is 2.32 bits per heavy atom. The highest BCUT2D eigenvalue weighted by molar-refractivity contribution is 5.92. The molecule has 0 radical (unpaired) electrons. The quantitative estimate of drug-likeness (QED) is 0.334. The zero-order chi connectivity index (χ0) is 25.5. The molecule has 37 heavy (non-hydrogen) atoms. The number of rotatable bonds is 9. The Morgan fingerprint density at radius 2 is 1.62 bits per heavy atom. The van der Waals surface area contributed by atoms with Gasteiger partial charge in [-0.3, -0.25) is 4.79 Å². The first-order valence-corrected chi connectivity index (χ1v) is 12.8. The molecular formula is C30H33N5O2. The SMILES string of the molecule is CC(NC1CCN(c2ccc(NC(=O)COc3ccccc3)cc2)CC1)c1cnn(-c2ccccc2)c1. The van der Waals surface area contributed by atoms with Gasteiger partial charge in [-0.05, 0) is 68.3 Å².